The quantitative estimate of drug-likeness (QED) is 0.568. The zero-order valence-electron chi connectivity index (χ0n) is 6.33. The van der Waals surface area contributed by atoms with Crippen LogP contribution in [-0.4, -0.2) is 14.4 Å². The van der Waals surface area contributed by atoms with Crippen LogP contribution in [0.2, 0.25) is 0 Å². The third kappa shape index (κ3) is 1.56. The molecule has 5 heteroatoms. The van der Waals surface area contributed by atoms with Crippen molar-refractivity contribution >= 4 is 24.3 Å². The van der Waals surface area contributed by atoms with Gasteiger partial charge in [0, 0.05) is 0 Å². The minimum atomic E-state index is 0.0540. The normalized spacial score (nSPS) is 11.2. The fraction of sp³-hybridized carbons (Fsp3) is 0.143. The second-order valence-corrected chi connectivity index (χ2v) is 6.68. The number of hydrogen-bond acceptors (Lipinski definition) is 2. The topological polar surface area (TPSA) is 30.2 Å². The molecular weight excluding hydrogens is 380 g/mol. The Balaban J connectivity index is 2.66. The van der Waals surface area contributed by atoms with Gasteiger partial charge in [0.2, 0.25) is 0 Å². The van der Waals surface area contributed by atoms with Crippen LogP contribution in [0.1, 0.15) is 5.69 Å². The molecule has 3 nitrogen and oxygen atoms in total. The van der Waals surface area contributed by atoms with Gasteiger partial charge in [-0.25, -0.2) is 0 Å². The molecule has 2 heterocycles. The molecule has 2 aromatic heterocycles. The van der Waals surface area contributed by atoms with E-state index in [0.717, 1.165) is 11.3 Å². The predicted molar refractivity (Wildman–Crippen MR) is 50.4 cm³/mol. The summed E-state index contributed by atoms with van der Waals surface area (Å²) in [5.74, 6) is 0. The van der Waals surface area contributed by atoms with E-state index in [1.54, 1.807) is 0 Å². The molecule has 0 saturated heterocycles. The summed E-state index contributed by atoms with van der Waals surface area (Å²) in [7, 11) is 0. The van der Waals surface area contributed by atoms with Gasteiger partial charge in [-0.15, -0.1) is 0 Å². The van der Waals surface area contributed by atoms with Crippen LogP contribution in [0, 0.1) is 10.6 Å². The maximum absolute atomic E-state index is 4.30. The van der Waals surface area contributed by atoms with Crippen LogP contribution >= 0.6 is 18.6 Å². The Morgan fingerprint density at radius 3 is 3.08 bits per heavy atom. The third-order valence-corrected chi connectivity index (χ3v) is 5.28. The molecule has 64 valence electrons. The van der Waals surface area contributed by atoms with Gasteiger partial charge in [0.1, 0.15) is 0 Å². The molecule has 0 fully saturated rings. The number of fused-ring (bicyclic) bond motifs is 1. The van der Waals surface area contributed by atoms with E-state index in [1.165, 1.54) is 3.70 Å². The van der Waals surface area contributed by atoms with Crippen molar-refractivity contribution in [3.05, 3.63) is 28.0 Å². The second kappa shape index (κ2) is 3.44. The van der Waals surface area contributed by atoms with Crippen molar-refractivity contribution in [2.24, 2.45) is 0 Å². The summed E-state index contributed by atoms with van der Waals surface area (Å²) in [5, 5.41) is 0. The van der Waals surface area contributed by atoms with E-state index in [1.807, 2.05) is 23.7 Å². The Bertz CT molecular complexity index is 410. The Labute approximate surface area is 90.0 Å². The first-order valence-electron chi connectivity index (χ1n) is 3.37. The minimum absolute atomic E-state index is 0.0540. The molecule has 0 aromatic carbocycles. The van der Waals surface area contributed by atoms with Crippen LogP contribution in [0.4, 0.5) is 0 Å². The zero-order chi connectivity index (χ0) is 8.55. The number of rotatable bonds is 1. The molecule has 0 aliphatic heterocycles. The summed E-state index contributed by atoms with van der Waals surface area (Å²) in [6.45, 7) is 1.99. The first-order valence-corrected chi connectivity index (χ1v) is 10.7. The molecule has 2 aromatic rings. The van der Waals surface area contributed by atoms with Crippen LogP contribution in [0.15, 0.2) is 18.6 Å². The maximum atomic E-state index is 4.30. The Morgan fingerprint density at radius 1 is 1.50 bits per heavy atom. The molecule has 0 atom stereocenters. The molecule has 0 aliphatic carbocycles. The summed E-state index contributed by atoms with van der Waals surface area (Å²) in [5.41, 5.74) is 1.98. The fourth-order valence-corrected chi connectivity index (χ4v) is 3.10. The summed E-state index contributed by atoms with van der Waals surface area (Å²) in [4.78, 5) is 8.60. The van der Waals surface area contributed by atoms with Crippen molar-refractivity contribution in [2.75, 3.05) is 0 Å². The summed E-state index contributed by atoms with van der Waals surface area (Å²) < 4.78 is 3.23. The van der Waals surface area contributed by atoms with Crippen LogP contribution in [0.25, 0.3) is 5.65 Å². The van der Waals surface area contributed by atoms with E-state index in [0.29, 0.717) is 0 Å². The van der Waals surface area contributed by atoms with Gasteiger partial charge in [-0.2, -0.15) is 0 Å². The average molecular weight is 386 g/mol. The van der Waals surface area contributed by atoms with Crippen LogP contribution in [0.5, 0.6) is 0 Å². The van der Waals surface area contributed by atoms with Gasteiger partial charge in [-0.3, -0.25) is 0 Å². The first kappa shape index (κ1) is 8.67. The number of imidazole rings is 1. The van der Waals surface area contributed by atoms with Gasteiger partial charge in [0.25, 0.3) is 0 Å². The molecule has 0 amide bonds. The van der Waals surface area contributed by atoms with Gasteiger partial charge in [-0.05, 0) is 0 Å². The summed E-state index contributed by atoms with van der Waals surface area (Å²) >= 11 is 2.46. The first-order chi connectivity index (χ1) is 5.79. The third-order valence-electron chi connectivity index (χ3n) is 1.50. The Kier molecular flexibility index (Phi) is 2.49. The van der Waals surface area contributed by atoms with Gasteiger partial charge in [-0.1, -0.05) is 0 Å². The summed E-state index contributed by atoms with van der Waals surface area (Å²) in [6.07, 6.45) is 5.92. The number of halogens is 2. The number of hydrogen-bond donors (Lipinski definition) is 0. The van der Waals surface area contributed by atoms with E-state index in [2.05, 4.69) is 34.8 Å². The molecule has 2 rings (SSSR count). The van der Waals surface area contributed by atoms with Crippen molar-refractivity contribution in [2.45, 2.75) is 6.92 Å². The van der Waals surface area contributed by atoms with E-state index in [-0.39, 0.29) is 17.2 Å². The molecule has 0 radical (unpaired) electrons. The SMILES string of the molecule is Cc1cn2cc([I-]I)ncc2n1. The fourth-order valence-electron chi connectivity index (χ4n) is 1.04. The van der Waals surface area contributed by atoms with Crippen molar-refractivity contribution in [3.8, 4) is 0 Å². The van der Waals surface area contributed by atoms with E-state index in [9.17, 15) is 0 Å². The second-order valence-electron chi connectivity index (χ2n) is 2.43. The monoisotopic (exact) mass is 386 g/mol. The van der Waals surface area contributed by atoms with E-state index >= 15 is 0 Å². The van der Waals surface area contributed by atoms with Crippen molar-refractivity contribution < 1.29 is 17.2 Å². The molecule has 0 aliphatic rings. The van der Waals surface area contributed by atoms with Crippen LogP contribution < -0.4 is 17.2 Å². The van der Waals surface area contributed by atoms with Crippen LogP contribution in [0.3, 0.4) is 0 Å². The molecule has 12 heavy (non-hydrogen) atoms. The number of aromatic nitrogens is 3. The zero-order valence-corrected chi connectivity index (χ0v) is 10.6. The molecule has 0 saturated carbocycles. The van der Waals surface area contributed by atoms with Crippen LogP contribution in [-0.2, 0) is 0 Å². The Morgan fingerprint density at radius 2 is 2.33 bits per heavy atom. The van der Waals surface area contributed by atoms with Crippen molar-refractivity contribution in [3.63, 3.8) is 0 Å². The standard InChI is InChI=1S/C7H6I2N3/c1-5-3-12-4-6(9-8)10-2-7(12)11-5/h2-4H,1H3/q-1. The van der Waals surface area contributed by atoms with Crippen molar-refractivity contribution in [1.82, 2.24) is 14.4 Å². The number of nitrogens with zero attached hydrogens (tertiary/aromatic N) is 3. The molecular formula is C7H6I2N3-. The molecule has 0 unspecified atom stereocenters. The summed E-state index contributed by atoms with van der Waals surface area (Å²) in [6, 6.07) is 0. The Hall–Kier alpha value is 0.0800. The predicted octanol–water partition coefficient (Wildman–Crippen LogP) is -1.35. The van der Waals surface area contributed by atoms with E-state index < -0.39 is 0 Å². The van der Waals surface area contributed by atoms with Gasteiger partial charge >= 0.3 is 90.8 Å². The molecule has 0 bridgehead atoms. The van der Waals surface area contributed by atoms with Gasteiger partial charge < -0.3 is 0 Å². The molecule has 0 spiro atoms. The van der Waals surface area contributed by atoms with E-state index in [4.69, 9.17) is 0 Å². The van der Waals surface area contributed by atoms with Crippen molar-refractivity contribution in [1.29, 1.82) is 0 Å². The van der Waals surface area contributed by atoms with Gasteiger partial charge in [0.15, 0.2) is 0 Å². The van der Waals surface area contributed by atoms with Gasteiger partial charge in [0.05, 0.1) is 0 Å². The average Bonchev–Trinajstić information content (AvgIpc) is 2.43. The number of aryl methyl sites for hydroxylation is 1. The molecule has 0 N–H and O–H groups in total.